The first kappa shape index (κ1) is 58.1. The standard InChI is InChI=1S/C79H86N2S2/c1-5-7-9-11-13-15-17-19-21-29-53-79(54-30-22-20-18-16-14-12-10-8-6-2)70-55-57(3)35-46-66(70)67-47-45-65(56-71(67)79)72-51-52-74(83-72)69-49-48-68(73-50-36-58(4)82-73)77-78(69)81-76(64-43-39-62(40-44-64)60-33-27-24-28-34-60)75(80-77)63-41-37-61(38-42-63)59-31-25-23-26-32-59/h23-28,31-52,55-56H,5-22,29-30,53-54H2,1-4H3. The molecule has 0 unspecified atom stereocenters. The SMILES string of the molecule is CCCCCCCCCCCCC1(CCCCCCCCCCCC)c2cc(C)ccc2-c2ccc(-c3ccc(-c4ccc(-c5ccc(C)s5)c5nc(-c6ccc(-c7ccccc7)cc6)c(-c6ccc(-c7ccccc7)cc6)nc45)s3)cc21. The smallest absolute Gasteiger partial charge is 0.0988 e. The Morgan fingerprint density at radius 3 is 1.16 bits per heavy atom. The summed E-state index contributed by atoms with van der Waals surface area (Å²) in [6, 6.07) is 67.9. The van der Waals surface area contributed by atoms with Gasteiger partial charge in [-0.25, -0.2) is 9.97 Å². The molecule has 0 aliphatic heterocycles. The molecule has 0 spiro atoms. The predicted octanol–water partition coefficient (Wildman–Crippen LogP) is 24.9. The number of hydrogen-bond acceptors (Lipinski definition) is 4. The lowest BCUT2D eigenvalue weighted by Gasteiger charge is -2.33. The van der Waals surface area contributed by atoms with Gasteiger partial charge in [-0.3, -0.25) is 0 Å². The van der Waals surface area contributed by atoms with E-state index in [2.05, 4.69) is 210 Å². The molecule has 1 aliphatic rings. The Bertz CT molecular complexity index is 3650. The number of fused-ring (bicyclic) bond motifs is 4. The molecule has 2 nitrogen and oxygen atoms in total. The van der Waals surface area contributed by atoms with E-state index in [0.29, 0.717) is 0 Å². The first-order chi connectivity index (χ1) is 40.9. The van der Waals surface area contributed by atoms with Gasteiger partial charge >= 0.3 is 0 Å². The Labute approximate surface area is 505 Å². The lowest BCUT2D eigenvalue weighted by molar-refractivity contribution is 0.397. The van der Waals surface area contributed by atoms with Crippen LogP contribution in [0, 0.1) is 13.8 Å². The Hall–Kier alpha value is -6.72. The zero-order valence-corrected chi connectivity index (χ0v) is 51.7. The van der Waals surface area contributed by atoms with E-state index >= 15 is 0 Å². The summed E-state index contributed by atoms with van der Waals surface area (Å²) in [5, 5.41) is 0. The van der Waals surface area contributed by atoms with Crippen molar-refractivity contribution in [3.05, 3.63) is 204 Å². The Balaban J connectivity index is 0.958. The summed E-state index contributed by atoms with van der Waals surface area (Å²) in [6.45, 7) is 9.14. The highest BCUT2D eigenvalue weighted by Gasteiger charge is 2.42. The van der Waals surface area contributed by atoms with Gasteiger partial charge in [-0.05, 0) is 107 Å². The maximum atomic E-state index is 5.83. The average molecular weight is 1130 g/mol. The van der Waals surface area contributed by atoms with Gasteiger partial charge in [0, 0.05) is 47.2 Å². The molecule has 1 aliphatic carbocycles. The fourth-order valence-electron chi connectivity index (χ4n) is 13.3. The highest BCUT2D eigenvalue weighted by Crippen LogP contribution is 2.56. The Kier molecular flexibility index (Phi) is 19.8. The zero-order valence-electron chi connectivity index (χ0n) is 50.1. The van der Waals surface area contributed by atoms with Crippen molar-refractivity contribution in [3.8, 4) is 87.2 Å². The molecule has 10 aromatic rings. The van der Waals surface area contributed by atoms with E-state index in [1.165, 1.54) is 205 Å². The van der Waals surface area contributed by atoms with Gasteiger partial charge in [-0.15, -0.1) is 22.7 Å². The normalized spacial score (nSPS) is 12.5. The topological polar surface area (TPSA) is 25.8 Å². The minimum atomic E-state index is 0.0180. The molecule has 4 heteroatoms. The van der Waals surface area contributed by atoms with Crippen LogP contribution in [0.1, 0.15) is 177 Å². The number of aromatic nitrogens is 2. The van der Waals surface area contributed by atoms with Crippen molar-refractivity contribution in [2.45, 2.75) is 174 Å². The molecule has 0 amide bonds. The van der Waals surface area contributed by atoms with Crippen LogP contribution in [0.2, 0.25) is 0 Å². The van der Waals surface area contributed by atoms with Crippen LogP contribution in [-0.4, -0.2) is 9.97 Å². The molecule has 3 heterocycles. The number of nitrogens with zero attached hydrogens (tertiary/aromatic N) is 2. The summed E-state index contributed by atoms with van der Waals surface area (Å²) >= 11 is 3.72. The summed E-state index contributed by atoms with van der Waals surface area (Å²) < 4.78 is 0. The maximum absolute atomic E-state index is 5.83. The molecule has 0 fully saturated rings. The highest BCUT2D eigenvalue weighted by atomic mass is 32.1. The number of hydrogen-bond donors (Lipinski definition) is 0. The minimum absolute atomic E-state index is 0.0180. The maximum Gasteiger partial charge on any atom is 0.0988 e. The third-order valence-corrected chi connectivity index (χ3v) is 20.1. The second-order valence-electron chi connectivity index (χ2n) is 24.0. The molecule has 0 saturated carbocycles. The van der Waals surface area contributed by atoms with Gasteiger partial charge in [0.05, 0.1) is 22.4 Å². The number of benzene rings is 7. The third kappa shape index (κ3) is 13.6. The summed E-state index contributed by atoms with van der Waals surface area (Å²) in [7, 11) is 0. The minimum Gasteiger partial charge on any atom is -0.243 e. The van der Waals surface area contributed by atoms with Gasteiger partial charge < -0.3 is 0 Å². The lowest BCUT2D eigenvalue weighted by Crippen LogP contribution is -2.25. The fraction of sp³-hybridized carbons (Fsp3) is 0.342. The molecule has 0 saturated heterocycles. The quantitative estimate of drug-likeness (QED) is 0.0437. The van der Waals surface area contributed by atoms with Gasteiger partial charge in [0.25, 0.3) is 0 Å². The van der Waals surface area contributed by atoms with E-state index in [1.54, 1.807) is 11.1 Å². The Morgan fingerprint density at radius 2 is 0.687 bits per heavy atom. The molecule has 3 aromatic heterocycles. The van der Waals surface area contributed by atoms with Gasteiger partial charge in [0.2, 0.25) is 0 Å². The fourth-order valence-corrected chi connectivity index (χ4v) is 15.2. The molecule has 0 N–H and O–H groups in total. The lowest BCUT2D eigenvalue weighted by atomic mass is 9.70. The van der Waals surface area contributed by atoms with E-state index in [-0.39, 0.29) is 5.41 Å². The van der Waals surface area contributed by atoms with E-state index < -0.39 is 0 Å². The van der Waals surface area contributed by atoms with Crippen LogP contribution in [0.15, 0.2) is 182 Å². The van der Waals surface area contributed by atoms with Crippen molar-refractivity contribution in [2.24, 2.45) is 0 Å². The van der Waals surface area contributed by atoms with Crippen molar-refractivity contribution >= 4 is 33.7 Å². The summed E-state index contributed by atoms with van der Waals surface area (Å²) in [5.41, 5.74) is 21.5. The van der Waals surface area contributed by atoms with Crippen LogP contribution in [0.25, 0.3) is 98.3 Å². The molecular formula is C79H86N2S2. The summed E-state index contributed by atoms with van der Waals surface area (Å²) in [4.78, 5) is 16.6. The molecule has 83 heavy (non-hydrogen) atoms. The number of rotatable bonds is 29. The molecule has 0 atom stereocenters. The van der Waals surface area contributed by atoms with Crippen molar-refractivity contribution < 1.29 is 0 Å². The Morgan fingerprint density at radius 1 is 0.313 bits per heavy atom. The largest absolute Gasteiger partial charge is 0.243 e. The first-order valence-electron chi connectivity index (χ1n) is 32.0. The van der Waals surface area contributed by atoms with Crippen LogP contribution in [0.5, 0.6) is 0 Å². The second kappa shape index (κ2) is 28.2. The molecule has 7 aromatic carbocycles. The van der Waals surface area contributed by atoms with Crippen LogP contribution in [-0.2, 0) is 5.41 Å². The van der Waals surface area contributed by atoms with Crippen molar-refractivity contribution in [1.29, 1.82) is 0 Å². The van der Waals surface area contributed by atoms with Gasteiger partial charge in [-0.1, -0.05) is 299 Å². The van der Waals surface area contributed by atoms with Crippen molar-refractivity contribution in [1.82, 2.24) is 9.97 Å². The zero-order chi connectivity index (χ0) is 56.8. The number of aryl methyl sites for hydroxylation is 2. The van der Waals surface area contributed by atoms with E-state index in [4.69, 9.17) is 9.97 Å². The van der Waals surface area contributed by atoms with Gasteiger partial charge in [-0.2, -0.15) is 0 Å². The monoisotopic (exact) mass is 1130 g/mol. The third-order valence-electron chi connectivity index (χ3n) is 17.9. The molecule has 424 valence electrons. The molecule has 0 bridgehead atoms. The van der Waals surface area contributed by atoms with E-state index in [1.807, 2.05) is 22.7 Å². The average Bonchev–Trinajstić information content (AvgIpc) is 3.13. The molecule has 0 radical (unpaired) electrons. The number of thiophene rings is 2. The molecule has 11 rings (SSSR count). The first-order valence-corrected chi connectivity index (χ1v) is 33.6. The number of unbranched alkanes of at least 4 members (excludes halogenated alkanes) is 18. The van der Waals surface area contributed by atoms with Crippen LogP contribution in [0.4, 0.5) is 0 Å². The summed E-state index contributed by atoms with van der Waals surface area (Å²) in [6.07, 6.45) is 29.7. The van der Waals surface area contributed by atoms with E-state index in [0.717, 1.165) is 44.7 Å². The summed E-state index contributed by atoms with van der Waals surface area (Å²) in [5.74, 6) is 0. The van der Waals surface area contributed by atoms with Gasteiger partial charge in [0.15, 0.2) is 0 Å². The van der Waals surface area contributed by atoms with Crippen molar-refractivity contribution in [3.63, 3.8) is 0 Å². The molecular weight excluding hydrogens is 1040 g/mol. The van der Waals surface area contributed by atoms with Gasteiger partial charge in [0.1, 0.15) is 0 Å². The van der Waals surface area contributed by atoms with E-state index in [9.17, 15) is 0 Å². The van der Waals surface area contributed by atoms with Crippen molar-refractivity contribution in [2.75, 3.05) is 0 Å². The van der Waals surface area contributed by atoms with Crippen LogP contribution < -0.4 is 0 Å². The van der Waals surface area contributed by atoms with Crippen LogP contribution in [0.3, 0.4) is 0 Å². The predicted molar refractivity (Wildman–Crippen MR) is 362 cm³/mol. The van der Waals surface area contributed by atoms with Crippen LogP contribution >= 0.6 is 22.7 Å². The highest BCUT2D eigenvalue weighted by molar-refractivity contribution is 7.19. The second-order valence-corrected chi connectivity index (χ2v) is 26.4.